The number of carbonyl (C=O) groups is 1. The van der Waals surface area contributed by atoms with Crippen LogP contribution in [0.25, 0.3) is 0 Å². The van der Waals surface area contributed by atoms with Crippen LogP contribution in [-0.2, 0) is 0 Å². The number of aromatic carboxylic acids is 1. The molecule has 78 valence electrons. The molecule has 4 nitrogen and oxygen atoms in total. The van der Waals surface area contributed by atoms with Gasteiger partial charge in [0.25, 0.3) is 0 Å². The van der Waals surface area contributed by atoms with Crippen LogP contribution >= 0.6 is 0 Å². The highest BCUT2D eigenvalue weighted by Crippen LogP contribution is 2.15. The minimum Gasteiger partial charge on any atom is -0.478 e. The molecule has 15 heavy (non-hydrogen) atoms. The summed E-state index contributed by atoms with van der Waals surface area (Å²) in [4.78, 5) is 10.9. The van der Waals surface area contributed by atoms with Gasteiger partial charge < -0.3 is 16.2 Å². The van der Waals surface area contributed by atoms with Crippen molar-refractivity contribution < 1.29 is 9.90 Å². The first-order valence-electron chi connectivity index (χ1n) is 4.42. The zero-order valence-corrected chi connectivity index (χ0v) is 8.37. The van der Waals surface area contributed by atoms with Crippen molar-refractivity contribution in [1.29, 1.82) is 0 Å². The highest BCUT2D eigenvalue weighted by Gasteiger charge is 2.11. The second-order valence-electron chi connectivity index (χ2n) is 2.91. The van der Waals surface area contributed by atoms with Crippen LogP contribution in [0, 0.1) is 11.8 Å². The van der Waals surface area contributed by atoms with E-state index in [4.69, 9.17) is 10.8 Å². The molecule has 0 saturated heterocycles. The number of carboxylic acid groups (broad SMARTS) is 1. The Bertz CT molecular complexity index is 430. The molecule has 0 aliphatic carbocycles. The SMILES string of the molecule is CNCC#Cc1cccc(N)c1C(=O)O. The zero-order chi connectivity index (χ0) is 11.3. The number of anilines is 1. The van der Waals surface area contributed by atoms with E-state index < -0.39 is 5.97 Å². The first-order valence-corrected chi connectivity index (χ1v) is 4.42. The van der Waals surface area contributed by atoms with Crippen LogP contribution in [0.4, 0.5) is 5.69 Å². The topological polar surface area (TPSA) is 75.3 Å². The van der Waals surface area contributed by atoms with Crippen LogP contribution in [0.15, 0.2) is 18.2 Å². The molecule has 0 bridgehead atoms. The Morgan fingerprint density at radius 3 is 2.93 bits per heavy atom. The number of nitrogens with one attached hydrogen (secondary N) is 1. The molecule has 0 amide bonds. The summed E-state index contributed by atoms with van der Waals surface area (Å²) in [5.41, 5.74) is 6.31. The van der Waals surface area contributed by atoms with Crippen LogP contribution in [0.2, 0.25) is 0 Å². The van der Waals surface area contributed by atoms with E-state index in [1.807, 2.05) is 0 Å². The number of hydrogen-bond donors (Lipinski definition) is 3. The monoisotopic (exact) mass is 204 g/mol. The van der Waals surface area contributed by atoms with Gasteiger partial charge in [-0.05, 0) is 19.2 Å². The lowest BCUT2D eigenvalue weighted by Gasteiger charge is -2.02. The zero-order valence-electron chi connectivity index (χ0n) is 8.37. The largest absolute Gasteiger partial charge is 0.478 e. The van der Waals surface area contributed by atoms with Crippen molar-refractivity contribution in [1.82, 2.24) is 5.32 Å². The fraction of sp³-hybridized carbons (Fsp3) is 0.182. The van der Waals surface area contributed by atoms with Crippen molar-refractivity contribution >= 4 is 11.7 Å². The molecule has 0 atom stereocenters. The molecule has 0 saturated carbocycles. The minimum absolute atomic E-state index is 0.0705. The fourth-order valence-electron chi connectivity index (χ4n) is 1.14. The smallest absolute Gasteiger partial charge is 0.339 e. The molecular weight excluding hydrogens is 192 g/mol. The third-order valence-corrected chi connectivity index (χ3v) is 1.80. The third kappa shape index (κ3) is 2.73. The summed E-state index contributed by atoms with van der Waals surface area (Å²) in [5, 5.41) is 11.8. The Morgan fingerprint density at radius 2 is 2.33 bits per heavy atom. The number of nitrogen functional groups attached to an aromatic ring is 1. The highest BCUT2D eigenvalue weighted by atomic mass is 16.4. The second kappa shape index (κ2) is 5.03. The second-order valence-corrected chi connectivity index (χ2v) is 2.91. The fourth-order valence-corrected chi connectivity index (χ4v) is 1.14. The van der Waals surface area contributed by atoms with Crippen molar-refractivity contribution in [3.8, 4) is 11.8 Å². The summed E-state index contributed by atoms with van der Waals surface area (Å²) >= 11 is 0. The molecule has 4 N–H and O–H groups in total. The molecule has 0 aliphatic rings. The van der Waals surface area contributed by atoms with Gasteiger partial charge in [-0.3, -0.25) is 0 Å². The van der Waals surface area contributed by atoms with E-state index in [1.54, 1.807) is 25.2 Å². The maximum Gasteiger partial charge on any atom is 0.339 e. The van der Waals surface area contributed by atoms with E-state index in [9.17, 15) is 4.79 Å². The lowest BCUT2D eigenvalue weighted by molar-refractivity contribution is 0.0698. The van der Waals surface area contributed by atoms with Crippen LogP contribution in [0.5, 0.6) is 0 Å². The molecule has 4 heteroatoms. The quantitative estimate of drug-likeness (QED) is 0.485. The van der Waals surface area contributed by atoms with E-state index in [2.05, 4.69) is 17.2 Å². The molecule has 0 aliphatic heterocycles. The predicted octanol–water partition coefficient (Wildman–Crippen LogP) is 0.538. The molecule has 0 fully saturated rings. The summed E-state index contributed by atoms with van der Waals surface area (Å²) in [6, 6.07) is 4.88. The third-order valence-electron chi connectivity index (χ3n) is 1.80. The predicted molar refractivity (Wildman–Crippen MR) is 58.6 cm³/mol. The Morgan fingerprint density at radius 1 is 1.60 bits per heavy atom. The lowest BCUT2D eigenvalue weighted by atomic mass is 10.1. The molecule has 0 radical (unpaired) electrons. The van der Waals surface area contributed by atoms with E-state index in [0.717, 1.165) is 0 Å². The number of carboxylic acids is 1. The first kappa shape index (κ1) is 11.1. The van der Waals surface area contributed by atoms with E-state index >= 15 is 0 Å². The van der Waals surface area contributed by atoms with Gasteiger partial charge in [0, 0.05) is 11.3 Å². The van der Waals surface area contributed by atoms with Gasteiger partial charge in [-0.1, -0.05) is 17.9 Å². The Balaban J connectivity index is 3.13. The van der Waals surface area contributed by atoms with Crippen molar-refractivity contribution in [3.63, 3.8) is 0 Å². The van der Waals surface area contributed by atoms with Gasteiger partial charge in [0.15, 0.2) is 0 Å². The van der Waals surface area contributed by atoms with E-state index in [1.165, 1.54) is 0 Å². The molecular formula is C11H12N2O2. The molecule has 1 aromatic carbocycles. The van der Waals surface area contributed by atoms with Gasteiger partial charge in [-0.25, -0.2) is 4.79 Å². The average Bonchev–Trinajstić information content (AvgIpc) is 2.17. The maximum atomic E-state index is 10.9. The Hall–Kier alpha value is -1.99. The minimum atomic E-state index is -1.05. The van der Waals surface area contributed by atoms with E-state index in [-0.39, 0.29) is 11.3 Å². The Labute approximate surface area is 88.1 Å². The van der Waals surface area contributed by atoms with Crippen LogP contribution in [0.1, 0.15) is 15.9 Å². The molecule has 1 aromatic rings. The first-order chi connectivity index (χ1) is 7.16. The normalized spacial score (nSPS) is 9.13. The summed E-state index contributed by atoms with van der Waals surface area (Å²) in [6.07, 6.45) is 0. The molecule has 1 rings (SSSR count). The number of hydrogen-bond acceptors (Lipinski definition) is 3. The average molecular weight is 204 g/mol. The summed E-state index contributed by atoms with van der Waals surface area (Å²) < 4.78 is 0. The van der Waals surface area contributed by atoms with Crippen molar-refractivity contribution in [3.05, 3.63) is 29.3 Å². The van der Waals surface area contributed by atoms with Crippen LogP contribution in [0.3, 0.4) is 0 Å². The molecule has 0 unspecified atom stereocenters. The van der Waals surface area contributed by atoms with Crippen molar-refractivity contribution in [2.24, 2.45) is 0 Å². The molecule has 0 aromatic heterocycles. The van der Waals surface area contributed by atoms with Gasteiger partial charge >= 0.3 is 5.97 Å². The standard InChI is InChI=1S/C11H12N2O2/c1-13-7-3-5-8-4-2-6-9(12)10(8)11(14)15/h2,4,6,13H,7,12H2,1H3,(H,14,15). The van der Waals surface area contributed by atoms with Gasteiger partial charge in [0.05, 0.1) is 12.1 Å². The maximum absolute atomic E-state index is 10.9. The van der Waals surface area contributed by atoms with Crippen molar-refractivity contribution in [2.45, 2.75) is 0 Å². The summed E-state index contributed by atoms with van der Waals surface area (Å²) in [7, 11) is 1.77. The summed E-state index contributed by atoms with van der Waals surface area (Å²) in [5.74, 6) is 4.50. The van der Waals surface area contributed by atoms with Gasteiger partial charge in [0.1, 0.15) is 0 Å². The molecule has 0 heterocycles. The lowest BCUT2D eigenvalue weighted by Crippen LogP contribution is -2.06. The van der Waals surface area contributed by atoms with Gasteiger partial charge in [-0.2, -0.15) is 0 Å². The number of nitrogens with two attached hydrogens (primary N) is 1. The Kier molecular flexibility index (Phi) is 3.72. The van der Waals surface area contributed by atoms with Crippen LogP contribution in [-0.4, -0.2) is 24.7 Å². The van der Waals surface area contributed by atoms with E-state index in [0.29, 0.717) is 12.1 Å². The highest BCUT2D eigenvalue weighted by molar-refractivity contribution is 5.96. The number of benzene rings is 1. The number of rotatable bonds is 2. The molecule has 0 spiro atoms. The van der Waals surface area contributed by atoms with Gasteiger partial charge in [0.2, 0.25) is 0 Å². The van der Waals surface area contributed by atoms with Crippen LogP contribution < -0.4 is 11.1 Å². The summed E-state index contributed by atoms with van der Waals surface area (Å²) in [6.45, 7) is 0.508. The van der Waals surface area contributed by atoms with Gasteiger partial charge in [-0.15, -0.1) is 0 Å². The van der Waals surface area contributed by atoms with Crippen molar-refractivity contribution in [2.75, 3.05) is 19.3 Å².